The van der Waals surface area contributed by atoms with Crippen molar-refractivity contribution >= 4 is 5.91 Å². The summed E-state index contributed by atoms with van der Waals surface area (Å²) in [6.45, 7) is 1.78. The molecule has 0 spiro atoms. The summed E-state index contributed by atoms with van der Waals surface area (Å²) in [6, 6.07) is 5.09. The lowest BCUT2D eigenvalue weighted by Gasteiger charge is -2.22. The van der Waals surface area contributed by atoms with E-state index in [-0.39, 0.29) is 23.1 Å². The number of aryl methyl sites for hydroxylation is 2. The van der Waals surface area contributed by atoms with E-state index in [1.807, 2.05) is 6.07 Å². The number of aromatic nitrogens is 1. The number of carbonyl (C=O) groups excluding carboxylic acids is 1. The number of amides is 1. The van der Waals surface area contributed by atoms with Gasteiger partial charge in [0.1, 0.15) is 11.3 Å². The summed E-state index contributed by atoms with van der Waals surface area (Å²) in [5, 5.41) is 2.92. The number of fused-ring (bicyclic) bond motifs is 1. The predicted octanol–water partition coefficient (Wildman–Crippen LogP) is 2.08. The molecule has 1 aliphatic rings. The van der Waals surface area contributed by atoms with Crippen molar-refractivity contribution in [2.24, 2.45) is 0 Å². The first-order valence-corrected chi connectivity index (χ1v) is 6.72. The van der Waals surface area contributed by atoms with Gasteiger partial charge in [-0.25, -0.2) is 0 Å². The molecule has 1 amide bonds. The Labute approximate surface area is 116 Å². The van der Waals surface area contributed by atoms with Crippen LogP contribution in [0.25, 0.3) is 0 Å². The highest BCUT2D eigenvalue weighted by Gasteiger charge is 2.25. The summed E-state index contributed by atoms with van der Waals surface area (Å²) in [5.74, 6) is 0.588. The standard InChI is InChI=1S/C15H16N2O3/c1-9-5-6-11(14(18)16-9)15(19)17-12-3-2-4-13-10(12)7-8-20-13/h5-8,12H,2-4H2,1H3,(H,16,18)(H,17,19). The zero-order valence-corrected chi connectivity index (χ0v) is 11.2. The zero-order chi connectivity index (χ0) is 14.1. The molecule has 3 rings (SSSR count). The fourth-order valence-corrected chi connectivity index (χ4v) is 2.62. The molecule has 1 aliphatic carbocycles. The molecule has 0 aliphatic heterocycles. The van der Waals surface area contributed by atoms with E-state index < -0.39 is 0 Å². The number of furan rings is 1. The second-order valence-corrected chi connectivity index (χ2v) is 5.10. The minimum absolute atomic E-state index is 0.0781. The van der Waals surface area contributed by atoms with E-state index in [1.165, 1.54) is 0 Å². The number of carbonyl (C=O) groups is 1. The van der Waals surface area contributed by atoms with Crippen molar-refractivity contribution in [1.29, 1.82) is 0 Å². The molecule has 5 nitrogen and oxygen atoms in total. The summed E-state index contributed by atoms with van der Waals surface area (Å²) in [4.78, 5) is 26.6. The monoisotopic (exact) mass is 272 g/mol. The number of aromatic amines is 1. The van der Waals surface area contributed by atoms with Crippen molar-refractivity contribution in [1.82, 2.24) is 10.3 Å². The van der Waals surface area contributed by atoms with Crippen LogP contribution >= 0.6 is 0 Å². The molecule has 0 fully saturated rings. The minimum Gasteiger partial charge on any atom is -0.469 e. The van der Waals surface area contributed by atoms with Crippen LogP contribution in [-0.4, -0.2) is 10.9 Å². The summed E-state index contributed by atoms with van der Waals surface area (Å²) in [5.41, 5.74) is 1.55. The minimum atomic E-state index is -0.356. The molecular formula is C15H16N2O3. The van der Waals surface area contributed by atoms with Gasteiger partial charge in [0.2, 0.25) is 0 Å². The van der Waals surface area contributed by atoms with E-state index in [1.54, 1.807) is 25.3 Å². The molecule has 2 aromatic heterocycles. The van der Waals surface area contributed by atoms with Crippen LogP contribution in [0.5, 0.6) is 0 Å². The van der Waals surface area contributed by atoms with Crippen LogP contribution in [-0.2, 0) is 6.42 Å². The summed E-state index contributed by atoms with van der Waals surface area (Å²) < 4.78 is 5.39. The molecule has 104 valence electrons. The van der Waals surface area contributed by atoms with Crippen molar-refractivity contribution in [3.05, 3.63) is 57.4 Å². The Hall–Kier alpha value is -2.30. The summed E-state index contributed by atoms with van der Waals surface area (Å²) >= 11 is 0. The maximum Gasteiger partial charge on any atom is 0.260 e. The quantitative estimate of drug-likeness (QED) is 0.879. The maximum absolute atomic E-state index is 12.2. The summed E-state index contributed by atoms with van der Waals surface area (Å²) in [6.07, 6.45) is 4.38. The molecule has 0 radical (unpaired) electrons. The Morgan fingerprint density at radius 2 is 2.25 bits per heavy atom. The van der Waals surface area contributed by atoms with Crippen LogP contribution in [0, 0.1) is 6.92 Å². The highest BCUT2D eigenvalue weighted by atomic mass is 16.3. The van der Waals surface area contributed by atoms with E-state index in [9.17, 15) is 9.59 Å². The Kier molecular flexibility index (Phi) is 3.18. The Bertz CT molecular complexity index is 699. The van der Waals surface area contributed by atoms with Crippen molar-refractivity contribution in [2.75, 3.05) is 0 Å². The van der Waals surface area contributed by atoms with Crippen molar-refractivity contribution < 1.29 is 9.21 Å². The number of hydrogen-bond acceptors (Lipinski definition) is 3. The second-order valence-electron chi connectivity index (χ2n) is 5.10. The van der Waals surface area contributed by atoms with Crippen LogP contribution in [0.4, 0.5) is 0 Å². The first-order valence-electron chi connectivity index (χ1n) is 6.72. The fourth-order valence-electron chi connectivity index (χ4n) is 2.62. The van der Waals surface area contributed by atoms with Gasteiger partial charge in [0.05, 0.1) is 12.3 Å². The number of rotatable bonds is 2. The van der Waals surface area contributed by atoms with E-state index in [4.69, 9.17) is 4.42 Å². The van der Waals surface area contributed by atoms with Gasteiger partial charge in [-0.1, -0.05) is 0 Å². The van der Waals surface area contributed by atoms with Gasteiger partial charge >= 0.3 is 0 Å². The normalized spacial score (nSPS) is 17.6. The first-order chi connectivity index (χ1) is 9.65. The van der Waals surface area contributed by atoms with E-state index in [2.05, 4.69) is 10.3 Å². The number of nitrogens with one attached hydrogen (secondary N) is 2. The van der Waals surface area contributed by atoms with Gasteiger partial charge in [0, 0.05) is 17.7 Å². The molecule has 0 saturated carbocycles. The van der Waals surface area contributed by atoms with E-state index in [0.717, 1.165) is 36.3 Å². The molecule has 2 heterocycles. The van der Waals surface area contributed by atoms with Gasteiger partial charge in [0.25, 0.3) is 11.5 Å². The van der Waals surface area contributed by atoms with E-state index >= 15 is 0 Å². The third kappa shape index (κ3) is 2.27. The number of hydrogen-bond donors (Lipinski definition) is 2. The fraction of sp³-hybridized carbons (Fsp3) is 0.333. The highest BCUT2D eigenvalue weighted by molar-refractivity contribution is 5.94. The van der Waals surface area contributed by atoms with Crippen molar-refractivity contribution in [3.8, 4) is 0 Å². The largest absolute Gasteiger partial charge is 0.469 e. The SMILES string of the molecule is Cc1ccc(C(=O)NC2CCCc3occc32)c(=O)[nH]1. The smallest absolute Gasteiger partial charge is 0.260 e. The van der Waals surface area contributed by atoms with Crippen LogP contribution < -0.4 is 10.9 Å². The third-order valence-electron chi connectivity index (χ3n) is 3.66. The van der Waals surface area contributed by atoms with Crippen LogP contribution in [0.15, 0.2) is 33.7 Å². The Balaban J connectivity index is 1.82. The van der Waals surface area contributed by atoms with Gasteiger partial charge in [-0.3, -0.25) is 9.59 Å². The maximum atomic E-state index is 12.2. The Morgan fingerprint density at radius 3 is 3.05 bits per heavy atom. The predicted molar refractivity (Wildman–Crippen MR) is 73.7 cm³/mol. The topological polar surface area (TPSA) is 75.1 Å². The van der Waals surface area contributed by atoms with Gasteiger partial charge in [0.15, 0.2) is 0 Å². The van der Waals surface area contributed by atoms with Gasteiger partial charge in [-0.2, -0.15) is 0 Å². The van der Waals surface area contributed by atoms with Crippen molar-refractivity contribution in [3.63, 3.8) is 0 Å². The molecule has 2 N–H and O–H groups in total. The van der Waals surface area contributed by atoms with Gasteiger partial charge in [-0.05, 0) is 38.0 Å². The molecule has 5 heteroatoms. The second kappa shape index (κ2) is 5.00. The lowest BCUT2D eigenvalue weighted by atomic mass is 9.93. The van der Waals surface area contributed by atoms with Crippen LogP contribution in [0.3, 0.4) is 0 Å². The molecule has 0 saturated heterocycles. The molecule has 2 aromatic rings. The summed E-state index contributed by atoms with van der Waals surface area (Å²) in [7, 11) is 0. The van der Waals surface area contributed by atoms with Crippen LogP contribution in [0.2, 0.25) is 0 Å². The van der Waals surface area contributed by atoms with Crippen molar-refractivity contribution in [2.45, 2.75) is 32.2 Å². The molecule has 20 heavy (non-hydrogen) atoms. The highest BCUT2D eigenvalue weighted by Crippen LogP contribution is 2.30. The Morgan fingerprint density at radius 1 is 1.40 bits per heavy atom. The zero-order valence-electron chi connectivity index (χ0n) is 11.2. The van der Waals surface area contributed by atoms with Gasteiger partial charge < -0.3 is 14.7 Å². The third-order valence-corrected chi connectivity index (χ3v) is 3.66. The van der Waals surface area contributed by atoms with Gasteiger partial charge in [-0.15, -0.1) is 0 Å². The number of H-pyrrole nitrogens is 1. The van der Waals surface area contributed by atoms with Crippen LogP contribution in [0.1, 0.15) is 46.3 Å². The lowest BCUT2D eigenvalue weighted by molar-refractivity contribution is 0.0930. The molecular weight excluding hydrogens is 256 g/mol. The van der Waals surface area contributed by atoms with E-state index in [0.29, 0.717) is 0 Å². The number of pyridine rings is 1. The lowest BCUT2D eigenvalue weighted by Crippen LogP contribution is -2.34. The average Bonchev–Trinajstić information content (AvgIpc) is 2.87. The molecule has 1 atom stereocenters. The molecule has 0 aromatic carbocycles. The first kappa shape index (κ1) is 12.7. The average molecular weight is 272 g/mol. The molecule has 1 unspecified atom stereocenters. The molecule has 0 bridgehead atoms.